The molecule has 1 aromatic heterocycles. The van der Waals surface area contributed by atoms with E-state index < -0.39 is 0 Å². The molecule has 0 amide bonds. The first-order valence-corrected chi connectivity index (χ1v) is 15.4. The van der Waals surface area contributed by atoms with Crippen LogP contribution in [0.4, 0.5) is 0 Å². The summed E-state index contributed by atoms with van der Waals surface area (Å²) < 4.78 is 2.56. The third kappa shape index (κ3) is 3.91. The molecule has 0 bridgehead atoms. The number of aryl methyl sites for hydroxylation is 2. The molecule has 6 aromatic rings. The molecule has 0 N–H and O–H groups in total. The predicted molar refractivity (Wildman–Crippen MR) is 179 cm³/mol. The van der Waals surface area contributed by atoms with Gasteiger partial charge in [-0.15, -0.1) is 0 Å². The zero-order valence-electron chi connectivity index (χ0n) is 24.5. The molecule has 0 saturated carbocycles. The van der Waals surface area contributed by atoms with E-state index in [-0.39, 0.29) is 0 Å². The summed E-state index contributed by atoms with van der Waals surface area (Å²) in [4.78, 5) is 0. The van der Waals surface area contributed by atoms with Crippen LogP contribution in [0.5, 0.6) is 0 Å². The molecule has 0 unspecified atom stereocenters. The maximum Gasteiger partial charge on any atom is 0.0544 e. The summed E-state index contributed by atoms with van der Waals surface area (Å²) in [5.74, 6) is 0. The number of benzene rings is 5. The molecule has 1 heterocycles. The van der Waals surface area contributed by atoms with Crippen molar-refractivity contribution in [3.05, 3.63) is 143 Å². The third-order valence-electron chi connectivity index (χ3n) is 9.54. The predicted octanol–water partition coefficient (Wildman–Crippen LogP) is 11.0. The van der Waals surface area contributed by atoms with Crippen molar-refractivity contribution in [2.24, 2.45) is 0 Å². The monoisotopic (exact) mass is 541 g/mol. The third-order valence-corrected chi connectivity index (χ3v) is 9.54. The summed E-state index contributed by atoms with van der Waals surface area (Å²) in [6, 6.07) is 38.5. The summed E-state index contributed by atoms with van der Waals surface area (Å²) in [6.07, 6.45) is 10.2. The van der Waals surface area contributed by atoms with Gasteiger partial charge in [0.1, 0.15) is 0 Å². The fraction of sp³-hybridized carbons (Fsp3) is 0.171. The van der Waals surface area contributed by atoms with Crippen molar-refractivity contribution in [3.8, 4) is 27.9 Å². The molecule has 0 aliphatic heterocycles. The second-order valence-electron chi connectivity index (χ2n) is 11.9. The zero-order chi connectivity index (χ0) is 28.2. The van der Waals surface area contributed by atoms with E-state index in [1.165, 1.54) is 77.6 Å². The molecule has 204 valence electrons. The highest BCUT2D eigenvalue weighted by atomic mass is 15.0. The summed E-state index contributed by atoms with van der Waals surface area (Å²) in [7, 11) is 0. The minimum absolute atomic E-state index is 1.01. The van der Waals surface area contributed by atoms with Crippen molar-refractivity contribution in [1.82, 2.24) is 4.57 Å². The topological polar surface area (TPSA) is 4.93 Å². The summed E-state index contributed by atoms with van der Waals surface area (Å²) in [5.41, 5.74) is 16.6. The van der Waals surface area contributed by atoms with Crippen LogP contribution in [-0.2, 0) is 12.8 Å². The Morgan fingerprint density at radius 3 is 2.38 bits per heavy atom. The fourth-order valence-corrected chi connectivity index (χ4v) is 7.46. The Morgan fingerprint density at radius 2 is 1.52 bits per heavy atom. The molecule has 5 aromatic carbocycles. The molecule has 0 saturated heterocycles. The van der Waals surface area contributed by atoms with Gasteiger partial charge in [-0.1, -0.05) is 104 Å². The minimum Gasteiger partial charge on any atom is -0.313 e. The van der Waals surface area contributed by atoms with Crippen LogP contribution in [0.25, 0.3) is 55.2 Å². The van der Waals surface area contributed by atoms with Crippen LogP contribution in [-0.4, -0.2) is 4.57 Å². The van der Waals surface area contributed by atoms with E-state index in [2.05, 4.69) is 134 Å². The second kappa shape index (κ2) is 10.0. The van der Waals surface area contributed by atoms with Gasteiger partial charge in [-0.3, -0.25) is 0 Å². The van der Waals surface area contributed by atoms with E-state index >= 15 is 0 Å². The zero-order valence-corrected chi connectivity index (χ0v) is 24.5. The van der Waals surface area contributed by atoms with Crippen molar-refractivity contribution >= 4 is 27.2 Å². The molecule has 0 atom stereocenters. The first-order valence-electron chi connectivity index (χ1n) is 15.4. The Kier molecular flexibility index (Phi) is 6.00. The molecule has 1 nitrogen and oxygen atoms in total. The molecular formula is C41H35N. The smallest absolute Gasteiger partial charge is 0.0544 e. The van der Waals surface area contributed by atoms with Gasteiger partial charge < -0.3 is 4.57 Å². The van der Waals surface area contributed by atoms with Gasteiger partial charge in [0.15, 0.2) is 0 Å². The summed E-state index contributed by atoms with van der Waals surface area (Å²) in [5, 5.41) is 4.11. The SMILES string of the molecule is CCc1cc(-c2ccc(-n3c4c(c5c6ccccc6ccc53)C3=C(C=CCC3)CC4)cc2)ccc1-c1ccccc1C. The first-order chi connectivity index (χ1) is 20.7. The van der Waals surface area contributed by atoms with Crippen LogP contribution in [0.1, 0.15) is 48.6 Å². The fourth-order valence-electron chi connectivity index (χ4n) is 7.46. The van der Waals surface area contributed by atoms with Crippen molar-refractivity contribution in [3.63, 3.8) is 0 Å². The molecule has 42 heavy (non-hydrogen) atoms. The van der Waals surface area contributed by atoms with Crippen molar-refractivity contribution < 1.29 is 0 Å². The lowest BCUT2D eigenvalue weighted by molar-refractivity contribution is 0.842. The van der Waals surface area contributed by atoms with Crippen molar-refractivity contribution in [1.29, 1.82) is 0 Å². The highest BCUT2D eigenvalue weighted by molar-refractivity contribution is 6.13. The van der Waals surface area contributed by atoms with Gasteiger partial charge in [0.2, 0.25) is 0 Å². The Balaban J connectivity index is 1.26. The average Bonchev–Trinajstić information content (AvgIpc) is 3.40. The quantitative estimate of drug-likeness (QED) is 0.209. The standard InChI is InChI=1S/C41H35N/c1-3-28-26-32(18-23-35(28)34-13-7-4-10-27(34)2)29-16-21-33(22-17-29)42-38-24-19-30-11-5-8-14-36(30)40(38)41-37-15-9-6-12-31(37)20-25-39(41)42/h4-8,10-14,16-19,21-24,26H,3,9,15,20,25H2,1-2H3. The van der Waals surface area contributed by atoms with Gasteiger partial charge in [-0.05, 0) is 113 Å². The van der Waals surface area contributed by atoms with Crippen LogP contribution >= 0.6 is 0 Å². The highest BCUT2D eigenvalue weighted by Gasteiger charge is 2.28. The molecule has 1 heteroatoms. The Labute approximate surface area is 248 Å². The average molecular weight is 542 g/mol. The number of allylic oxidation sites excluding steroid dienone is 4. The van der Waals surface area contributed by atoms with Crippen LogP contribution in [0.3, 0.4) is 0 Å². The van der Waals surface area contributed by atoms with Gasteiger partial charge in [-0.2, -0.15) is 0 Å². The maximum absolute atomic E-state index is 2.56. The van der Waals surface area contributed by atoms with Gasteiger partial charge in [0, 0.05) is 22.3 Å². The van der Waals surface area contributed by atoms with E-state index in [4.69, 9.17) is 0 Å². The van der Waals surface area contributed by atoms with Crippen LogP contribution in [0.15, 0.2) is 121 Å². The number of fused-ring (bicyclic) bond motifs is 6. The van der Waals surface area contributed by atoms with Crippen LogP contribution in [0, 0.1) is 6.92 Å². The van der Waals surface area contributed by atoms with Gasteiger partial charge in [-0.25, -0.2) is 0 Å². The number of hydrogen-bond acceptors (Lipinski definition) is 0. The Hall–Kier alpha value is -4.62. The second-order valence-corrected chi connectivity index (χ2v) is 11.9. The van der Waals surface area contributed by atoms with E-state index in [1.807, 2.05) is 0 Å². The largest absolute Gasteiger partial charge is 0.313 e. The maximum atomic E-state index is 2.56. The Morgan fingerprint density at radius 1 is 0.714 bits per heavy atom. The summed E-state index contributed by atoms with van der Waals surface area (Å²) >= 11 is 0. The van der Waals surface area contributed by atoms with Gasteiger partial charge in [0.05, 0.1) is 5.52 Å². The van der Waals surface area contributed by atoms with Crippen LogP contribution in [0.2, 0.25) is 0 Å². The van der Waals surface area contributed by atoms with Crippen molar-refractivity contribution in [2.45, 2.75) is 46.0 Å². The molecule has 0 fully saturated rings. The normalized spacial score (nSPS) is 14.4. The molecule has 0 spiro atoms. The first kappa shape index (κ1) is 25.1. The lowest BCUT2D eigenvalue weighted by Gasteiger charge is -2.24. The lowest BCUT2D eigenvalue weighted by Crippen LogP contribution is -2.09. The molecule has 8 rings (SSSR count). The van der Waals surface area contributed by atoms with E-state index in [9.17, 15) is 0 Å². The number of aromatic nitrogens is 1. The number of hydrogen-bond donors (Lipinski definition) is 0. The molecule has 2 aliphatic rings. The summed E-state index contributed by atoms with van der Waals surface area (Å²) in [6.45, 7) is 4.47. The number of nitrogens with zero attached hydrogens (tertiary/aromatic N) is 1. The van der Waals surface area contributed by atoms with Crippen LogP contribution < -0.4 is 0 Å². The van der Waals surface area contributed by atoms with Gasteiger partial charge in [0.25, 0.3) is 0 Å². The van der Waals surface area contributed by atoms with Gasteiger partial charge >= 0.3 is 0 Å². The molecule has 0 radical (unpaired) electrons. The lowest BCUT2D eigenvalue weighted by atomic mass is 9.82. The van der Waals surface area contributed by atoms with Crippen molar-refractivity contribution in [2.75, 3.05) is 0 Å². The molecular weight excluding hydrogens is 506 g/mol. The van der Waals surface area contributed by atoms with E-state index in [0.29, 0.717) is 0 Å². The minimum atomic E-state index is 1.01. The van der Waals surface area contributed by atoms with E-state index in [1.54, 1.807) is 5.57 Å². The van der Waals surface area contributed by atoms with E-state index in [0.717, 1.165) is 32.1 Å². The molecule has 2 aliphatic carbocycles. The highest BCUT2D eigenvalue weighted by Crippen LogP contribution is 2.46. The number of rotatable bonds is 4. The Bertz CT molecular complexity index is 2060.